The van der Waals surface area contributed by atoms with Crippen LogP contribution in [0.1, 0.15) is 51.1 Å². The quantitative estimate of drug-likeness (QED) is 0.686. The molecule has 3 unspecified atom stereocenters. The van der Waals surface area contributed by atoms with Gasteiger partial charge in [-0.05, 0) is 37.3 Å². The number of hydrogen-bond donors (Lipinski definition) is 1. The molecule has 1 aromatic carbocycles. The SMILES string of the molecule is CC1CCCC(NC(C)c2ccc(Cl)c(Cl)c2Cl)C1. The van der Waals surface area contributed by atoms with E-state index in [-0.39, 0.29) is 6.04 Å². The van der Waals surface area contributed by atoms with Crippen LogP contribution in [0.25, 0.3) is 0 Å². The van der Waals surface area contributed by atoms with E-state index in [0.29, 0.717) is 21.1 Å². The molecule has 1 N–H and O–H groups in total. The lowest BCUT2D eigenvalue weighted by Gasteiger charge is -2.30. The van der Waals surface area contributed by atoms with Crippen LogP contribution in [0.5, 0.6) is 0 Å². The van der Waals surface area contributed by atoms with Crippen LogP contribution in [0.3, 0.4) is 0 Å². The van der Waals surface area contributed by atoms with Crippen LogP contribution >= 0.6 is 34.8 Å². The summed E-state index contributed by atoms with van der Waals surface area (Å²) in [5, 5.41) is 5.19. The Bertz CT molecular complexity index is 447. The van der Waals surface area contributed by atoms with E-state index in [0.717, 1.165) is 11.5 Å². The topological polar surface area (TPSA) is 12.0 Å². The van der Waals surface area contributed by atoms with Gasteiger partial charge in [-0.3, -0.25) is 0 Å². The number of rotatable bonds is 3. The molecule has 106 valence electrons. The van der Waals surface area contributed by atoms with Gasteiger partial charge < -0.3 is 5.32 Å². The highest BCUT2D eigenvalue weighted by atomic mass is 35.5. The van der Waals surface area contributed by atoms with Crippen molar-refractivity contribution in [1.29, 1.82) is 0 Å². The molecule has 0 aromatic heterocycles. The fourth-order valence-corrected chi connectivity index (χ4v) is 3.61. The summed E-state index contributed by atoms with van der Waals surface area (Å²) in [5.74, 6) is 0.808. The third-order valence-corrected chi connectivity index (χ3v) is 5.26. The highest BCUT2D eigenvalue weighted by Crippen LogP contribution is 2.36. The van der Waals surface area contributed by atoms with Gasteiger partial charge >= 0.3 is 0 Å². The monoisotopic (exact) mass is 319 g/mol. The molecule has 19 heavy (non-hydrogen) atoms. The summed E-state index contributed by atoms with van der Waals surface area (Å²) in [4.78, 5) is 0. The van der Waals surface area contributed by atoms with E-state index in [9.17, 15) is 0 Å². The van der Waals surface area contributed by atoms with Crippen LogP contribution in [-0.4, -0.2) is 6.04 Å². The third-order valence-electron chi connectivity index (χ3n) is 3.95. The molecule has 2 rings (SSSR count). The Morgan fingerprint density at radius 2 is 1.89 bits per heavy atom. The van der Waals surface area contributed by atoms with Gasteiger partial charge in [-0.25, -0.2) is 0 Å². The Morgan fingerprint density at radius 3 is 2.58 bits per heavy atom. The fraction of sp³-hybridized carbons (Fsp3) is 0.600. The average molecular weight is 321 g/mol. The van der Waals surface area contributed by atoms with Crippen LogP contribution in [0.4, 0.5) is 0 Å². The maximum atomic E-state index is 6.28. The fourth-order valence-electron chi connectivity index (χ4n) is 2.90. The number of benzene rings is 1. The van der Waals surface area contributed by atoms with Crippen molar-refractivity contribution in [2.24, 2.45) is 5.92 Å². The van der Waals surface area contributed by atoms with Gasteiger partial charge in [0.1, 0.15) is 0 Å². The lowest BCUT2D eigenvalue weighted by Crippen LogP contribution is -2.35. The molecular weight excluding hydrogens is 301 g/mol. The van der Waals surface area contributed by atoms with Crippen molar-refractivity contribution < 1.29 is 0 Å². The third kappa shape index (κ3) is 3.78. The summed E-state index contributed by atoms with van der Waals surface area (Å²) in [6, 6.07) is 4.54. The van der Waals surface area contributed by atoms with Gasteiger partial charge in [-0.1, -0.05) is 60.6 Å². The van der Waals surface area contributed by atoms with Crippen molar-refractivity contribution in [3.05, 3.63) is 32.8 Å². The molecule has 1 nitrogen and oxygen atoms in total. The Labute approximate surface area is 130 Å². The second-order valence-electron chi connectivity index (χ2n) is 5.62. The zero-order chi connectivity index (χ0) is 14.0. The molecule has 0 spiro atoms. The van der Waals surface area contributed by atoms with Gasteiger partial charge in [0.05, 0.1) is 15.1 Å². The van der Waals surface area contributed by atoms with E-state index >= 15 is 0 Å². The Kier molecular flexibility index (Phi) is 5.42. The molecule has 3 atom stereocenters. The zero-order valence-electron chi connectivity index (χ0n) is 11.3. The second kappa shape index (κ2) is 6.67. The average Bonchev–Trinajstić information content (AvgIpc) is 2.36. The standard InChI is InChI=1S/C15H20Cl3N/c1-9-4-3-5-11(8-9)19-10(2)12-6-7-13(16)15(18)14(12)17/h6-7,9-11,19H,3-5,8H2,1-2H3. The Hall–Kier alpha value is 0.0500. The lowest BCUT2D eigenvalue weighted by molar-refractivity contribution is 0.285. The number of nitrogens with one attached hydrogen (secondary N) is 1. The minimum Gasteiger partial charge on any atom is -0.307 e. The van der Waals surface area contributed by atoms with Crippen molar-refractivity contribution in [3.63, 3.8) is 0 Å². The van der Waals surface area contributed by atoms with Crippen LogP contribution < -0.4 is 5.32 Å². The molecule has 1 aliphatic rings. The highest BCUT2D eigenvalue weighted by molar-refractivity contribution is 6.48. The molecule has 0 heterocycles. The first-order valence-corrected chi connectivity index (χ1v) is 8.02. The molecule has 0 bridgehead atoms. The molecular formula is C15H20Cl3N. The molecule has 1 aromatic rings. The molecule has 4 heteroatoms. The van der Waals surface area contributed by atoms with Gasteiger partial charge in [0, 0.05) is 12.1 Å². The van der Waals surface area contributed by atoms with Crippen molar-refractivity contribution in [2.45, 2.75) is 51.6 Å². The van der Waals surface area contributed by atoms with Gasteiger partial charge in [0.2, 0.25) is 0 Å². The smallest absolute Gasteiger partial charge is 0.0781 e. The Balaban J connectivity index is 2.07. The minimum absolute atomic E-state index is 0.192. The summed E-state index contributed by atoms with van der Waals surface area (Å²) < 4.78 is 0. The van der Waals surface area contributed by atoms with Gasteiger partial charge in [-0.2, -0.15) is 0 Å². The Morgan fingerprint density at radius 1 is 1.16 bits per heavy atom. The van der Waals surface area contributed by atoms with E-state index in [1.807, 2.05) is 12.1 Å². The van der Waals surface area contributed by atoms with Gasteiger partial charge in [0.15, 0.2) is 0 Å². The molecule has 0 aliphatic heterocycles. The first kappa shape index (κ1) is 15.4. The van der Waals surface area contributed by atoms with Crippen LogP contribution in [0, 0.1) is 5.92 Å². The maximum Gasteiger partial charge on any atom is 0.0781 e. The van der Waals surface area contributed by atoms with E-state index in [1.54, 1.807) is 0 Å². The largest absolute Gasteiger partial charge is 0.307 e. The number of hydrogen-bond acceptors (Lipinski definition) is 1. The van der Waals surface area contributed by atoms with E-state index in [4.69, 9.17) is 34.8 Å². The van der Waals surface area contributed by atoms with Crippen molar-refractivity contribution in [2.75, 3.05) is 0 Å². The first-order valence-electron chi connectivity index (χ1n) is 6.88. The minimum atomic E-state index is 0.192. The zero-order valence-corrected chi connectivity index (χ0v) is 13.6. The van der Waals surface area contributed by atoms with Crippen molar-refractivity contribution in [1.82, 2.24) is 5.32 Å². The van der Waals surface area contributed by atoms with Gasteiger partial charge in [0.25, 0.3) is 0 Å². The lowest BCUT2D eigenvalue weighted by atomic mass is 9.86. The predicted octanol–water partition coefficient (Wildman–Crippen LogP) is 5.88. The normalized spacial score (nSPS) is 25.3. The first-order chi connectivity index (χ1) is 8.99. The molecule has 0 radical (unpaired) electrons. The molecule has 1 fully saturated rings. The van der Waals surface area contributed by atoms with Gasteiger partial charge in [-0.15, -0.1) is 0 Å². The summed E-state index contributed by atoms with van der Waals surface area (Å²) in [6.07, 6.45) is 5.14. The van der Waals surface area contributed by atoms with Crippen molar-refractivity contribution in [3.8, 4) is 0 Å². The van der Waals surface area contributed by atoms with E-state index in [1.165, 1.54) is 25.7 Å². The highest BCUT2D eigenvalue weighted by Gasteiger charge is 2.22. The maximum absolute atomic E-state index is 6.28. The van der Waals surface area contributed by atoms with E-state index < -0.39 is 0 Å². The van der Waals surface area contributed by atoms with Crippen molar-refractivity contribution >= 4 is 34.8 Å². The number of halogens is 3. The molecule has 1 aliphatic carbocycles. The second-order valence-corrected chi connectivity index (χ2v) is 6.78. The summed E-state index contributed by atoms with van der Waals surface area (Å²) >= 11 is 18.3. The summed E-state index contributed by atoms with van der Waals surface area (Å²) in [5.41, 5.74) is 1.02. The molecule has 1 saturated carbocycles. The van der Waals surface area contributed by atoms with Crippen LogP contribution in [-0.2, 0) is 0 Å². The predicted molar refractivity (Wildman–Crippen MR) is 84.4 cm³/mol. The van der Waals surface area contributed by atoms with E-state index in [2.05, 4.69) is 19.2 Å². The van der Waals surface area contributed by atoms with Crippen LogP contribution in [0.15, 0.2) is 12.1 Å². The van der Waals surface area contributed by atoms with Crippen LogP contribution in [0.2, 0.25) is 15.1 Å². The molecule has 0 saturated heterocycles. The summed E-state index contributed by atoms with van der Waals surface area (Å²) in [6.45, 7) is 4.45. The summed E-state index contributed by atoms with van der Waals surface area (Å²) in [7, 11) is 0. The molecule has 0 amide bonds.